The maximum absolute atomic E-state index is 11.2. The first-order valence-electron chi connectivity index (χ1n) is 4.24. The summed E-state index contributed by atoms with van der Waals surface area (Å²) in [6.45, 7) is 0. The predicted molar refractivity (Wildman–Crippen MR) is 57.3 cm³/mol. The third kappa shape index (κ3) is 4.06. The molecule has 1 aromatic rings. The van der Waals surface area contributed by atoms with Crippen molar-refractivity contribution in [2.75, 3.05) is 17.3 Å². The van der Waals surface area contributed by atoms with Gasteiger partial charge in [-0.1, -0.05) is 0 Å². The molecule has 84 valence electrons. The van der Waals surface area contributed by atoms with Crippen LogP contribution in [0.3, 0.4) is 0 Å². The molecule has 7 heteroatoms. The highest BCUT2D eigenvalue weighted by Crippen LogP contribution is 2.03. The number of carbonyl (C=O) groups excluding carboxylic acids is 1. The lowest BCUT2D eigenvalue weighted by atomic mass is 10.3. The highest BCUT2D eigenvalue weighted by atomic mass is 32.2. The van der Waals surface area contributed by atoms with E-state index in [0.717, 1.165) is 6.26 Å². The molecule has 0 unspecified atom stereocenters. The minimum atomic E-state index is -3.35. The van der Waals surface area contributed by atoms with E-state index < -0.39 is 21.5 Å². The van der Waals surface area contributed by atoms with Crippen LogP contribution in [0.15, 0.2) is 18.3 Å². The molecule has 1 heterocycles. The Kier molecular flexibility index (Phi) is 3.58. The zero-order chi connectivity index (χ0) is 12.2. The number of nitriles is 1. The van der Waals surface area contributed by atoms with Crippen molar-refractivity contribution in [3.05, 3.63) is 23.9 Å². The topological polar surface area (TPSA) is 99.9 Å². The lowest BCUT2D eigenvalue weighted by Crippen LogP contribution is -2.22. The summed E-state index contributed by atoms with van der Waals surface area (Å²) < 4.78 is 21.6. The van der Waals surface area contributed by atoms with Crippen LogP contribution in [0.25, 0.3) is 0 Å². The molecule has 1 rings (SSSR count). The van der Waals surface area contributed by atoms with Gasteiger partial charge in [0.15, 0.2) is 9.84 Å². The number of nitrogens with zero attached hydrogens (tertiary/aromatic N) is 2. The van der Waals surface area contributed by atoms with Crippen LogP contribution in [0.5, 0.6) is 0 Å². The molecular formula is C9H9N3O3S. The smallest absolute Gasteiger partial charge is 0.240 e. The molecule has 1 aromatic heterocycles. The summed E-state index contributed by atoms with van der Waals surface area (Å²) in [7, 11) is -3.35. The first-order chi connectivity index (χ1) is 7.40. The fraction of sp³-hybridized carbons (Fsp3) is 0.222. The number of rotatable bonds is 3. The zero-order valence-electron chi connectivity index (χ0n) is 8.47. The molecule has 0 bridgehead atoms. The van der Waals surface area contributed by atoms with E-state index in [2.05, 4.69) is 10.3 Å². The third-order valence-electron chi connectivity index (χ3n) is 1.55. The Balaban J connectivity index is 2.68. The number of sulfone groups is 1. The molecule has 0 aromatic carbocycles. The Morgan fingerprint density at radius 2 is 2.25 bits per heavy atom. The average molecular weight is 239 g/mol. The summed E-state index contributed by atoms with van der Waals surface area (Å²) in [5, 5.41) is 10.8. The van der Waals surface area contributed by atoms with Crippen molar-refractivity contribution in [1.82, 2.24) is 4.98 Å². The van der Waals surface area contributed by atoms with Crippen molar-refractivity contribution >= 4 is 21.6 Å². The number of anilines is 1. The molecule has 0 saturated heterocycles. The van der Waals surface area contributed by atoms with Gasteiger partial charge in [-0.05, 0) is 12.1 Å². The second-order valence-corrected chi connectivity index (χ2v) is 5.30. The monoisotopic (exact) mass is 239 g/mol. The third-order valence-corrected chi connectivity index (χ3v) is 2.34. The Morgan fingerprint density at radius 1 is 1.56 bits per heavy atom. The van der Waals surface area contributed by atoms with Crippen molar-refractivity contribution in [3.8, 4) is 6.07 Å². The van der Waals surface area contributed by atoms with Gasteiger partial charge in [-0.2, -0.15) is 5.26 Å². The summed E-state index contributed by atoms with van der Waals surface area (Å²) in [5.41, 5.74) is 0.362. The summed E-state index contributed by atoms with van der Waals surface area (Å²) in [6, 6.07) is 4.78. The molecule has 1 amide bonds. The number of nitrogens with one attached hydrogen (secondary N) is 1. The fourth-order valence-corrected chi connectivity index (χ4v) is 1.50. The summed E-state index contributed by atoms with van der Waals surface area (Å²) in [6.07, 6.45) is 2.26. The predicted octanol–water partition coefficient (Wildman–Crippen LogP) is -0.0636. The molecular weight excluding hydrogens is 230 g/mol. The normalized spacial score (nSPS) is 10.5. The Labute approximate surface area is 92.8 Å². The van der Waals surface area contributed by atoms with Gasteiger partial charge >= 0.3 is 0 Å². The second-order valence-electron chi connectivity index (χ2n) is 3.16. The SMILES string of the molecule is CS(=O)(=O)CC(=O)Nc1ccc(C#N)cn1. The van der Waals surface area contributed by atoms with Crippen molar-refractivity contribution in [1.29, 1.82) is 5.26 Å². The minimum absolute atomic E-state index is 0.215. The molecule has 0 radical (unpaired) electrons. The fourth-order valence-electron chi connectivity index (χ4n) is 0.951. The van der Waals surface area contributed by atoms with E-state index in [-0.39, 0.29) is 5.82 Å². The zero-order valence-corrected chi connectivity index (χ0v) is 9.28. The molecule has 0 saturated carbocycles. The maximum Gasteiger partial charge on any atom is 0.240 e. The molecule has 16 heavy (non-hydrogen) atoms. The van der Waals surface area contributed by atoms with E-state index in [9.17, 15) is 13.2 Å². The molecule has 6 nitrogen and oxygen atoms in total. The number of pyridine rings is 1. The van der Waals surface area contributed by atoms with Gasteiger partial charge in [-0.25, -0.2) is 13.4 Å². The standard InChI is InChI=1S/C9H9N3O3S/c1-16(14,15)6-9(13)12-8-3-2-7(4-10)5-11-8/h2-3,5H,6H2,1H3,(H,11,12,13). The number of hydrogen-bond acceptors (Lipinski definition) is 5. The molecule has 0 aliphatic heterocycles. The molecule has 0 atom stereocenters. The van der Waals surface area contributed by atoms with Crippen LogP contribution < -0.4 is 5.32 Å². The van der Waals surface area contributed by atoms with Crippen LogP contribution in [0.1, 0.15) is 5.56 Å². The molecule has 0 aliphatic rings. The molecule has 1 N–H and O–H groups in total. The first-order valence-corrected chi connectivity index (χ1v) is 6.30. The van der Waals surface area contributed by atoms with E-state index in [1.54, 1.807) is 0 Å². The molecule has 0 aliphatic carbocycles. The van der Waals surface area contributed by atoms with Crippen molar-refractivity contribution in [2.45, 2.75) is 0 Å². The van der Waals surface area contributed by atoms with Crippen LogP contribution >= 0.6 is 0 Å². The summed E-state index contributed by atoms with van der Waals surface area (Å²) in [5.74, 6) is -1.03. The van der Waals surface area contributed by atoms with Crippen molar-refractivity contribution in [3.63, 3.8) is 0 Å². The lowest BCUT2D eigenvalue weighted by molar-refractivity contribution is -0.113. The van der Waals surface area contributed by atoms with Gasteiger partial charge in [0.25, 0.3) is 0 Å². The number of carbonyl (C=O) groups is 1. The van der Waals surface area contributed by atoms with Crippen LogP contribution in [-0.2, 0) is 14.6 Å². The minimum Gasteiger partial charge on any atom is -0.310 e. The van der Waals surface area contributed by atoms with E-state index in [1.807, 2.05) is 6.07 Å². The number of amides is 1. The number of aromatic nitrogens is 1. The van der Waals surface area contributed by atoms with Gasteiger partial charge in [0.2, 0.25) is 5.91 Å². The van der Waals surface area contributed by atoms with Gasteiger partial charge in [0.05, 0.1) is 5.56 Å². The van der Waals surface area contributed by atoms with E-state index >= 15 is 0 Å². The van der Waals surface area contributed by atoms with Gasteiger partial charge in [-0.15, -0.1) is 0 Å². The molecule has 0 spiro atoms. The van der Waals surface area contributed by atoms with Crippen molar-refractivity contribution < 1.29 is 13.2 Å². The van der Waals surface area contributed by atoms with Gasteiger partial charge < -0.3 is 5.32 Å². The summed E-state index contributed by atoms with van der Waals surface area (Å²) >= 11 is 0. The lowest BCUT2D eigenvalue weighted by Gasteiger charge is -2.02. The summed E-state index contributed by atoms with van der Waals surface area (Å²) in [4.78, 5) is 15.0. The van der Waals surface area contributed by atoms with Crippen LogP contribution in [0.2, 0.25) is 0 Å². The number of hydrogen-bond donors (Lipinski definition) is 1. The maximum atomic E-state index is 11.2. The van der Waals surface area contributed by atoms with Crippen LogP contribution in [0.4, 0.5) is 5.82 Å². The Hall–Kier alpha value is -1.94. The highest BCUT2D eigenvalue weighted by Gasteiger charge is 2.11. The van der Waals surface area contributed by atoms with Crippen molar-refractivity contribution in [2.24, 2.45) is 0 Å². The Bertz CT molecular complexity index is 528. The van der Waals surface area contributed by atoms with Gasteiger partial charge in [0.1, 0.15) is 17.6 Å². The average Bonchev–Trinajstić information content (AvgIpc) is 2.16. The van der Waals surface area contributed by atoms with E-state index in [0.29, 0.717) is 5.56 Å². The van der Waals surface area contributed by atoms with E-state index in [1.165, 1.54) is 18.3 Å². The second kappa shape index (κ2) is 4.72. The van der Waals surface area contributed by atoms with E-state index in [4.69, 9.17) is 5.26 Å². The first kappa shape index (κ1) is 12.1. The quantitative estimate of drug-likeness (QED) is 0.796. The molecule has 0 fully saturated rings. The Morgan fingerprint density at radius 3 is 2.69 bits per heavy atom. The van der Waals surface area contributed by atoms with Crippen LogP contribution in [0, 0.1) is 11.3 Å². The highest BCUT2D eigenvalue weighted by molar-refractivity contribution is 7.91. The largest absolute Gasteiger partial charge is 0.310 e. The van der Waals surface area contributed by atoms with Gasteiger partial charge in [0, 0.05) is 12.5 Å². The van der Waals surface area contributed by atoms with Gasteiger partial charge in [-0.3, -0.25) is 4.79 Å². The van der Waals surface area contributed by atoms with Crippen LogP contribution in [-0.4, -0.2) is 31.3 Å².